The van der Waals surface area contributed by atoms with Crippen LogP contribution in [0.1, 0.15) is 40.9 Å². The van der Waals surface area contributed by atoms with Crippen LogP contribution in [-0.4, -0.2) is 38.3 Å². The first-order chi connectivity index (χ1) is 14.8. The van der Waals surface area contributed by atoms with Gasteiger partial charge in [0.1, 0.15) is 17.7 Å². The van der Waals surface area contributed by atoms with E-state index in [9.17, 15) is 18.7 Å². The lowest BCUT2D eigenvalue weighted by atomic mass is 9.99. The Balaban J connectivity index is 1.69. The number of hydrogen-bond acceptors (Lipinski definition) is 3. The zero-order valence-corrected chi connectivity index (χ0v) is 17.4. The van der Waals surface area contributed by atoms with Gasteiger partial charge in [0.2, 0.25) is 5.91 Å². The van der Waals surface area contributed by atoms with Crippen molar-refractivity contribution in [2.75, 3.05) is 6.54 Å². The third kappa shape index (κ3) is 3.24. The van der Waals surface area contributed by atoms with Crippen molar-refractivity contribution in [2.24, 2.45) is 0 Å². The van der Waals surface area contributed by atoms with Gasteiger partial charge in [-0.05, 0) is 24.1 Å². The van der Waals surface area contributed by atoms with Crippen LogP contribution in [0.25, 0.3) is 11.3 Å². The minimum atomic E-state index is -0.910. The maximum absolute atomic E-state index is 14.4. The van der Waals surface area contributed by atoms with Crippen LogP contribution in [0, 0.1) is 18.6 Å². The summed E-state index contributed by atoms with van der Waals surface area (Å²) in [6, 6.07) is 9.43. The maximum Gasteiger partial charge on any atom is 0.219 e. The SMILES string of the molecule is CC(=O)N1CCc2c(c(-c3ccc(C)cc3)nn2[C@@H]2c3cc(F)cc(F)c3C[C@@H]2O)C1. The second kappa shape index (κ2) is 7.27. The van der Waals surface area contributed by atoms with E-state index in [2.05, 4.69) is 0 Å². The van der Waals surface area contributed by atoms with Gasteiger partial charge in [0.15, 0.2) is 0 Å². The number of aliphatic hydroxyl groups excluding tert-OH is 1. The maximum atomic E-state index is 14.4. The summed E-state index contributed by atoms with van der Waals surface area (Å²) in [7, 11) is 0. The highest BCUT2D eigenvalue weighted by atomic mass is 19.1. The zero-order valence-electron chi connectivity index (χ0n) is 17.4. The van der Waals surface area contributed by atoms with Gasteiger partial charge in [-0.3, -0.25) is 9.48 Å². The number of aryl methyl sites for hydroxylation is 1. The van der Waals surface area contributed by atoms with Crippen LogP contribution in [0.4, 0.5) is 8.78 Å². The van der Waals surface area contributed by atoms with E-state index in [1.54, 1.807) is 16.5 Å². The second-order valence-corrected chi connectivity index (χ2v) is 8.45. The first kappa shape index (κ1) is 19.9. The molecule has 0 fully saturated rings. The van der Waals surface area contributed by atoms with Crippen LogP contribution in [0.15, 0.2) is 36.4 Å². The highest BCUT2D eigenvalue weighted by Crippen LogP contribution is 2.40. The summed E-state index contributed by atoms with van der Waals surface area (Å²) in [6.45, 7) is 4.50. The lowest BCUT2D eigenvalue weighted by Crippen LogP contribution is -2.35. The number of aromatic nitrogens is 2. The third-order valence-corrected chi connectivity index (χ3v) is 6.41. The minimum absolute atomic E-state index is 0.0105. The van der Waals surface area contributed by atoms with Crippen molar-refractivity contribution in [3.05, 3.63) is 76.0 Å². The Morgan fingerprint density at radius 1 is 1.16 bits per heavy atom. The lowest BCUT2D eigenvalue weighted by molar-refractivity contribution is -0.129. The fraction of sp³-hybridized carbons (Fsp3) is 0.333. The number of benzene rings is 2. The van der Waals surface area contributed by atoms with Crippen molar-refractivity contribution in [3.63, 3.8) is 0 Å². The predicted octanol–water partition coefficient (Wildman–Crippen LogP) is 3.55. The second-order valence-electron chi connectivity index (χ2n) is 8.45. The number of nitrogens with zero attached hydrogens (tertiary/aromatic N) is 3. The molecule has 2 atom stereocenters. The highest BCUT2D eigenvalue weighted by molar-refractivity contribution is 5.74. The van der Waals surface area contributed by atoms with Gasteiger partial charge < -0.3 is 10.0 Å². The van der Waals surface area contributed by atoms with Crippen molar-refractivity contribution in [3.8, 4) is 11.3 Å². The van der Waals surface area contributed by atoms with E-state index in [0.717, 1.165) is 34.1 Å². The Labute approximate surface area is 178 Å². The molecule has 1 aliphatic carbocycles. The lowest BCUT2D eigenvalue weighted by Gasteiger charge is -2.28. The molecule has 2 heterocycles. The van der Waals surface area contributed by atoms with Gasteiger partial charge in [-0.25, -0.2) is 8.78 Å². The molecule has 160 valence electrons. The Morgan fingerprint density at radius 2 is 1.90 bits per heavy atom. The van der Waals surface area contributed by atoms with Gasteiger partial charge in [0.25, 0.3) is 0 Å². The number of hydrogen-bond donors (Lipinski definition) is 1. The van der Waals surface area contributed by atoms with E-state index < -0.39 is 23.8 Å². The molecule has 0 spiro atoms. The molecule has 0 saturated carbocycles. The molecule has 1 aliphatic heterocycles. The zero-order chi connectivity index (χ0) is 21.9. The first-order valence-corrected chi connectivity index (χ1v) is 10.4. The summed E-state index contributed by atoms with van der Waals surface area (Å²) in [5, 5.41) is 15.7. The van der Waals surface area contributed by atoms with E-state index >= 15 is 0 Å². The number of carbonyl (C=O) groups excluding carboxylic acids is 1. The minimum Gasteiger partial charge on any atom is -0.390 e. The fourth-order valence-electron chi connectivity index (χ4n) is 4.81. The van der Waals surface area contributed by atoms with Crippen LogP contribution in [0.3, 0.4) is 0 Å². The average Bonchev–Trinajstić information content (AvgIpc) is 3.25. The molecule has 0 radical (unpaired) electrons. The highest BCUT2D eigenvalue weighted by Gasteiger charge is 2.39. The molecule has 5 rings (SSSR count). The number of rotatable bonds is 2. The molecule has 0 unspecified atom stereocenters. The molecule has 5 nitrogen and oxygen atoms in total. The van der Waals surface area contributed by atoms with Gasteiger partial charge in [0.05, 0.1) is 11.8 Å². The number of carbonyl (C=O) groups is 1. The third-order valence-electron chi connectivity index (χ3n) is 6.41. The van der Waals surface area contributed by atoms with E-state index in [-0.39, 0.29) is 12.3 Å². The summed E-state index contributed by atoms with van der Waals surface area (Å²) < 4.78 is 30.1. The molecule has 7 heteroatoms. The number of aliphatic hydroxyl groups is 1. The van der Waals surface area contributed by atoms with E-state index in [4.69, 9.17) is 5.10 Å². The Morgan fingerprint density at radius 3 is 2.61 bits per heavy atom. The molecular weight excluding hydrogens is 400 g/mol. The Bertz CT molecular complexity index is 1190. The standard InChI is InChI=1S/C24H23F2N3O2/c1-13-3-5-15(6-4-13)23-19-12-28(14(2)30)8-7-21(19)29(27-23)24-18-9-16(25)10-20(26)17(18)11-22(24)31/h3-6,9-10,22,24,31H,7-8,11-12H2,1-2H3/t22-,24+/m0/s1. The van der Waals surface area contributed by atoms with E-state index in [1.807, 2.05) is 31.2 Å². The van der Waals surface area contributed by atoms with Gasteiger partial charge in [-0.2, -0.15) is 5.10 Å². The molecule has 3 aromatic rings. The molecule has 2 aliphatic rings. The molecule has 2 aromatic carbocycles. The van der Waals surface area contributed by atoms with Crippen molar-refractivity contribution in [1.82, 2.24) is 14.7 Å². The molecule has 0 bridgehead atoms. The van der Waals surface area contributed by atoms with Gasteiger partial charge >= 0.3 is 0 Å². The monoisotopic (exact) mass is 423 g/mol. The van der Waals surface area contributed by atoms with Crippen molar-refractivity contribution >= 4 is 5.91 Å². The molecule has 1 aromatic heterocycles. The Kier molecular flexibility index (Phi) is 4.66. The van der Waals surface area contributed by atoms with Crippen LogP contribution in [-0.2, 0) is 24.2 Å². The fourth-order valence-corrected chi connectivity index (χ4v) is 4.81. The van der Waals surface area contributed by atoms with Crippen molar-refractivity contribution in [1.29, 1.82) is 0 Å². The van der Waals surface area contributed by atoms with Gasteiger partial charge in [0, 0.05) is 55.7 Å². The van der Waals surface area contributed by atoms with Gasteiger partial charge in [-0.15, -0.1) is 0 Å². The first-order valence-electron chi connectivity index (χ1n) is 10.4. The van der Waals surface area contributed by atoms with Crippen LogP contribution in [0.5, 0.6) is 0 Å². The van der Waals surface area contributed by atoms with Crippen LogP contribution >= 0.6 is 0 Å². The molecule has 1 N–H and O–H groups in total. The predicted molar refractivity (Wildman–Crippen MR) is 111 cm³/mol. The largest absolute Gasteiger partial charge is 0.390 e. The quantitative estimate of drug-likeness (QED) is 0.686. The summed E-state index contributed by atoms with van der Waals surface area (Å²) in [5.41, 5.74) is 5.34. The molecular formula is C24H23F2N3O2. The summed E-state index contributed by atoms with van der Waals surface area (Å²) in [5.74, 6) is -1.32. The van der Waals surface area contributed by atoms with Gasteiger partial charge in [-0.1, -0.05) is 29.8 Å². The average molecular weight is 423 g/mol. The van der Waals surface area contributed by atoms with Crippen molar-refractivity contribution < 1.29 is 18.7 Å². The number of fused-ring (bicyclic) bond motifs is 2. The summed E-state index contributed by atoms with van der Waals surface area (Å²) >= 11 is 0. The smallest absolute Gasteiger partial charge is 0.219 e. The van der Waals surface area contributed by atoms with Crippen LogP contribution < -0.4 is 0 Å². The molecule has 1 amide bonds. The van der Waals surface area contributed by atoms with Crippen LogP contribution in [0.2, 0.25) is 0 Å². The summed E-state index contributed by atoms with van der Waals surface area (Å²) in [4.78, 5) is 13.8. The Hall–Kier alpha value is -3.06. The number of amides is 1. The normalized spacial score (nSPS) is 20.0. The molecule has 0 saturated heterocycles. The number of halogens is 2. The topological polar surface area (TPSA) is 58.4 Å². The van der Waals surface area contributed by atoms with Crippen molar-refractivity contribution in [2.45, 2.75) is 45.4 Å². The van der Waals surface area contributed by atoms with E-state index in [1.165, 1.54) is 6.07 Å². The summed E-state index contributed by atoms with van der Waals surface area (Å²) in [6.07, 6.45) is -0.239. The molecule has 31 heavy (non-hydrogen) atoms. The van der Waals surface area contributed by atoms with E-state index in [0.29, 0.717) is 30.6 Å².